The fourth-order valence-electron chi connectivity index (χ4n) is 1.03. The van der Waals surface area contributed by atoms with Gasteiger partial charge in [0.25, 0.3) is 0 Å². The normalized spacial score (nSPS) is 9.94. The number of ether oxygens (including phenoxy) is 1. The fourth-order valence-corrected chi connectivity index (χ4v) is 1.40. The molecule has 0 aromatic carbocycles. The molecular weight excluding hydrogens is 222 g/mol. The average Bonchev–Trinajstić information content (AvgIpc) is 2.28. The second kappa shape index (κ2) is 6.37. The standard InChI is InChI=1S/C11H17N3OS/c1-8(2)5-6-15-10-7-9(12-3)13-11(14-10)16-4/h7H,1,5-6H2,2-4H3,(H,12,13,14). The zero-order chi connectivity index (χ0) is 12.0. The molecule has 0 bridgehead atoms. The van der Waals surface area contributed by atoms with Crippen LogP contribution < -0.4 is 10.1 Å². The molecule has 0 aliphatic heterocycles. The van der Waals surface area contributed by atoms with Crippen molar-refractivity contribution in [3.63, 3.8) is 0 Å². The summed E-state index contributed by atoms with van der Waals surface area (Å²) in [5, 5.41) is 3.68. The summed E-state index contributed by atoms with van der Waals surface area (Å²) in [5.41, 5.74) is 1.10. The van der Waals surface area contributed by atoms with E-state index in [1.807, 2.05) is 20.2 Å². The molecule has 1 aromatic rings. The predicted octanol–water partition coefficient (Wildman–Crippen LogP) is 2.59. The van der Waals surface area contributed by atoms with Gasteiger partial charge in [0.1, 0.15) is 5.82 Å². The SMILES string of the molecule is C=C(C)CCOc1cc(NC)nc(SC)n1. The lowest BCUT2D eigenvalue weighted by atomic mass is 10.3. The highest BCUT2D eigenvalue weighted by atomic mass is 32.2. The first-order valence-electron chi connectivity index (χ1n) is 5.03. The molecule has 88 valence electrons. The molecule has 0 unspecified atom stereocenters. The second-order valence-corrected chi connectivity index (χ2v) is 4.16. The highest BCUT2D eigenvalue weighted by Crippen LogP contribution is 2.18. The van der Waals surface area contributed by atoms with Gasteiger partial charge in [0.05, 0.1) is 6.61 Å². The third-order valence-electron chi connectivity index (χ3n) is 1.90. The third kappa shape index (κ3) is 4.10. The maximum Gasteiger partial charge on any atom is 0.219 e. The molecular formula is C11H17N3OS. The Bertz CT molecular complexity index is 346. The minimum absolute atomic E-state index is 0.601. The van der Waals surface area contributed by atoms with E-state index in [1.54, 1.807) is 6.07 Å². The minimum Gasteiger partial charge on any atom is -0.477 e. The van der Waals surface area contributed by atoms with Crippen LogP contribution in [0.15, 0.2) is 23.4 Å². The van der Waals surface area contributed by atoms with Gasteiger partial charge in [0, 0.05) is 19.5 Å². The molecule has 1 N–H and O–H groups in total. The number of nitrogens with zero attached hydrogens (tertiary/aromatic N) is 2. The van der Waals surface area contributed by atoms with Crippen LogP contribution in [0.1, 0.15) is 13.3 Å². The van der Waals surface area contributed by atoms with Crippen LogP contribution in [0.5, 0.6) is 5.88 Å². The minimum atomic E-state index is 0.601. The van der Waals surface area contributed by atoms with Gasteiger partial charge < -0.3 is 10.1 Å². The number of thioether (sulfide) groups is 1. The van der Waals surface area contributed by atoms with Gasteiger partial charge in [0.15, 0.2) is 5.16 Å². The molecule has 0 atom stereocenters. The molecule has 0 saturated carbocycles. The Hall–Kier alpha value is -1.23. The monoisotopic (exact) mass is 239 g/mol. The van der Waals surface area contributed by atoms with E-state index in [0.29, 0.717) is 17.6 Å². The molecule has 4 nitrogen and oxygen atoms in total. The summed E-state index contributed by atoms with van der Waals surface area (Å²) in [6, 6.07) is 1.79. The smallest absolute Gasteiger partial charge is 0.219 e. The van der Waals surface area contributed by atoms with E-state index < -0.39 is 0 Å². The lowest BCUT2D eigenvalue weighted by molar-refractivity contribution is 0.306. The summed E-state index contributed by atoms with van der Waals surface area (Å²) < 4.78 is 5.54. The van der Waals surface area contributed by atoms with Crippen LogP contribution in [0.25, 0.3) is 0 Å². The Labute approximate surface area is 101 Å². The lowest BCUT2D eigenvalue weighted by Gasteiger charge is -2.08. The van der Waals surface area contributed by atoms with E-state index in [-0.39, 0.29) is 0 Å². The average molecular weight is 239 g/mol. The van der Waals surface area contributed by atoms with Crippen LogP contribution in [-0.2, 0) is 0 Å². The summed E-state index contributed by atoms with van der Waals surface area (Å²) in [5.74, 6) is 1.37. The van der Waals surface area contributed by atoms with Crippen molar-refractivity contribution in [2.24, 2.45) is 0 Å². The summed E-state index contributed by atoms with van der Waals surface area (Å²) in [6.45, 7) is 6.41. The second-order valence-electron chi connectivity index (χ2n) is 3.38. The third-order valence-corrected chi connectivity index (χ3v) is 2.45. The van der Waals surface area contributed by atoms with Gasteiger partial charge in [-0.25, -0.2) is 4.98 Å². The highest BCUT2D eigenvalue weighted by Gasteiger charge is 2.03. The fraction of sp³-hybridized carbons (Fsp3) is 0.455. The quantitative estimate of drug-likeness (QED) is 0.469. The molecule has 0 aliphatic rings. The molecule has 0 saturated heterocycles. The molecule has 0 radical (unpaired) electrons. The van der Waals surface area contributed by atoms with Crippen molar-refractivity contribution >= 4 is 17.6 Å². The Morgan fingerprint density at radius 2 is 2.31 bits per heavy atom. The summed E-state index contributed by atoms with van der Waals surface area (Å²) >= 11 is 1.49. The Kier molecular flexibility index (Phi) is 5.11. The number of hydrogen-bond donors (Lipinski definition) is 1. The Morgan fingerprint density at radius 3 is 2.88 bits per heavy atom. The number of rotatable bonds is 6. The van der Waals surface area contributed by atoms with Gasteiger partial charge in [-0.3, -0.25) is 0 Å². The van der Waals surface area contributed by atoms with Crippen LogP contribution >= 0.6 is 11.8 Å². The highest BCUT2D eigenvalue weighted by molar-refractivity contribution is 7.98. The van der Waals surface area contributed by atoms with Crippen LogP contribution in [-0.4, -0.2) is 29.9 Å². The van der Waals surface area contributed by atoms with E-state index in [9.17, 15) is 0 Å². The van der Waals surface area contributed by atoms with Gasteiger partial charge in [-0.05, 0) is 13.2 Å². The zero-order valence-corrected chi connectivity index (χ0v) is 10.7. The topological polar surface area (TPSA) is 47.0 Å². The molecule has 0 aliphatic carbocycles. The van der Waals surface area contributed by atoms with Crippen LogP contribution in [0, 0.1) is 0 Å². The van der Waals surface area contributed by atoms with Crippen molar-refractivity contribution < 1.29 is 4.74 Å². The van der Waals surface area contributed by atoms with E-state index in [0.717, 1.165) is 17.8 Å². The van der Waals surface area contributed by atoms with E-state index in [1.165, 1.54) is 11.8 Å². The molecule has 1 rings (SSSR count). The zero-order valence-electron chi connectivity index (χ0n) is 9.91. The number of nitrogens with one attached hydrogen (secondary N) is 1. The van der Waals surface area contributed by atoms with Crippen molar-refractivity contribution in [2.45, 2.75) is 18.5 Å². The molecule has 0 fully saturated rings. The summed E-state index contributed by atoms with van der Waals surface area (Å²) in [7, 11) is 1.82. The van der Waals surface area contributed by atoms with Gasteiger partial charge in [0.2, 0.25) is 5.88 Å². The molecule has 16 heavy (non-hydrogen) atoms. The van der Waals surface area contributed by atoms with Crippen molar-refractivity contribution in [1.29, 1.82) is 0 Å². The first-order valence-corrected chi connectivity index (χ1v) is 6.26. The van der Waals surface area contributed by atoms with Crippen molar-refractivity contribution in [1.82, 2.24) is 9.97 Å². The molecule has 5 heteroatoms. The first-order chi connectivity index (χ1) is 7.65. The number of hydrogen-bond acceptors (Lipinski definition) is 5. The maximum absolute atomic E-state index is 5.54. The Morgan fingerprint density at radius 1 is 1.56 bits per heavy atom. The predicted molar refractivity (Wildman–Crippen MR) is 68.3 cm³/mol. The van der Waals surface area contributed by atoms with Gasteiger partial charge in [-0.2, -0.15) is 4.98 Å². The van der Waals surface area contributed by atoms with Gasteiger partial charge in [-0.15, -0.1) is 6.58 Å². The summed E-state index contributed by atoms with van der Waals surface area (Å²) in [6.07, 6.45) is 2.78. The Balaban J connectivity index is 2.67. The molecule has 0 spiro atoms. The van der Waals surface area contributed by atoms with E-state index in [4.69, 9.17) is 4.74 Å². The van der Waals surface area contributed by atoms with Gasteiger partial charge >= 0.3 is 0 Å². The van der Waals surface area contributed by atoms with E-state index in [2.05, 4.69) is 21.9 Å². The molecule has 1 aromatic heterocycles. The number of anilines is 1. The van der Waals surface area contributed by atoms with Crippen molar-refractivity contribution in [3.8, 4) is 5.88 Å². The van der Waals surface area contributed by atoms with Crippen LogP contribution in [0.4, 0.5) is 5.82 Å². The van der Waals surface area contributed by atoms with E-state index >= 15 is 0 Å². The number of aromatic nitrogens is 2. The van der Waals surface area contributed by atoms with Crippen molar-refractivity contribution in [2.75, 3.05) is 25.2 Å². The maximum atomic E-state index is 5.54. The van der Waals surface area contributed by atoms with Crippen LogP contribution in [0.2, 0.25) is 0 Å². The molecule has 0 amide bonds. The summed E-state index contributed by atoms with van der Waals surface area (Å²) in [4.78, 5) is 8.51. The van der Waals surface area contributed by atoms with Gasteiger partial charge in [-0.1, -0.05) is 17.3 Å². The first kappa shape index (κ1) is 12.8. The largest absolute Gasteiger partial charge is 0.477 e. The van der Waals surface area contributed by atoms with Crippen LogP contribution in [0.3, 0.4) is 0 Å². The molecule has 1 heterocycles. The lowest BCUT2D eigenvalue weighted by Crippen LogP contribution is -2.03. The van der Waals surface area contributed by atoms with Crippen molar-refractivity contribution in [3.05, 3.63) is 18.2 Å².